The molecule has 1 saturated heterocycles. The zero-order valence-electron chi connectivity index (χ0n) is 23.7. The van der Waals surface area contributed by atoms with Gasteiger partial charge in [-0.25, -0.2) is 9.78 Å². The van der Waals surface area contributed by atoms with E-state index in [2.05, 4.69) is 70.1 Å². The highest BCUT2D eigenvalue weighted by atomic mass is 16.3. The second-order valence-electron chi connectivity index (χ2n) is 11.9. The van der Waals surface area contributed by atoms with Gasteiger partial charge in [0.25, 0.3) is 0 Å². The minimum absolute atomic E-state index is 0.0707. The molecular formula is C31H38N8O2. The van der Waals surface area contributed by atoms with E-state index in [1.54, 1.807) is 0 Å². The van der Waals surface area contributed by atoms with Crippen molar-refractivity contribution < 1.29 is 9.90 Å². The Morgan fingerprint density at radius 2 is 1.80 bits per heavy atom. The van der Waals surface area contributed by atoms with Crippen molar-refractivity contribution in [2.45, 2.75) is 44.4 Å². The summed E-state index contributed by atoms with van der Waals surface area (Å²) in [5.41, 5.74) is 6.44. The maximum absolute atomic E-state index is 13.8. The molecule has 4 N–H and O–H groups in total. The molecule has 4 heterocycles. The van der Waals surface area contributed by atoms with Crippen LogP contribution in [-0.4, -0.2) is 76.8 Å². The van der Waals surface area contributed by atoms with Gasteiger partial charge in [-0.15, -0.1) is 0 Å². The zero-order valence-corrected chi connectivity index (χ0v) is 23.7. The van der Waals surface area contributed by atoms with Crippen LogP contribution in [0.15, 0.2) is 48.7 Å². The van der Waals surface area contributed by atoms with Gasteiger partial charge in [0.2, 0.25) is 5.95 Å². The number of nitrogens with one attached hydrogen (secondary N) is 3. The number of aryl methyl sites for hydroxylation is 1. The molecule has 4 aliphatic rings. The van der Waals surface area contributed by atoms with Crippen LogP contribution in [0.4, 0.5) is 33.6 Å². The number of fused-ring (bicyclic) bond motifs is 2. The average molecular weight is 555 g/mol. The average Bonchev–Trinajstić information content (AvgIpc) is 2.96. The summed E-state index contributed by atoms with van der Waals surface area (Å²) in [5, 5.41) is 20.1. The lowest BCUT2D eigenvalue weighted by molar-refractivity contribution is -0.00936. The molecule has 2 amide bonds. The maximum Gasteiger partial charge on any atom is 0.324 e. The molecule has 10 nitrogen and oxygen atoms in total. The number of urea groups is 1. The lowest BCUT2D eigenvalue weighted by Crippen LogP contribution is -2.51. The molecule has 10 heteroatoms. The second kappa shape index (κ2) is 10.5. The number of aliphatic hydroxyl groups is 1. The van der Waals surface area contributed by atoms with E-state index < -0.39 is 0 Å². The fourth-order valence-electron chi connectivity index (χ4n) is 6.85. The van der Waals surface area contributed by atoms with Crippen LogP contribution in [0.25, 0.3) is 0 Å². The van der Waals surface area contributed by atoms with Gasteiger partial charge < -0.3 is 30.4 Å². The van der Waals surface area contributed by atoms with Crippen LogP contribution in [-0.2, 0) is 0 Å². The first-order valence-corrected chi connectivity index (χ1v) is 14.7. The van der Waals surface area contributed by atoms with Gasteiger partial charge in [0, 0.05) is 61.5 Å². The SMILES string of the molecule is Cc1cccc2c1NCC[C@@H]2N1C(=O)Nc2nc(Nc3ccc(N4CCN(C)CC4)cc3)ncc2C1C1CC(O)C1. The summed E-state index contributed by atoms with van der Waals surface area (Å²) < 4.78 is 0. The van der Waals surface area contributed by atoms with Gasteiger partial charge in [-0.05, 0) is 74.5 Å². The Kier molecular flexibility index (Phi) is 6.67. The first kappa shape index (κ1) is 26.0. The first-order chi connectivity index (χ1) is 19.9. The number of aromatic nitrogens is 2. The molecule has 214 valence electrons. The van der Waals surface area contributed by atoms with Crippen molar-refractivity contribution in [1.29, 1.82) is 0 Å². The Morgan fingerprint density at radius 1 is 1.02 bits per heavy atom. The fraction of sp³-hybridized carbons (Fsp3) is 0.452. The highest BCUT2D eigenvalue weighted by Gasteiger charge is 2.47. The summed E-state index contributed by atoms with van der Waals surface area (Å²) in [4.78, 5) is 30.0. The number of hydrogen-bond acceptors (Lipinski definition) is 8. The Morgan fingerprint density at radius 3 is 2.56 bits per heavy atom. The normalized spacial score (nSPS) is 25.9. The number of amides is 2. The van der Waals surface area contributed by atoms with E-state index in [1.165, 1.54) is 11.3 Å². The van der Waals surface area contributed by atoms with E-state index in [1.807, 2.05) is 23.2 Å². The van der Waals surface area contributed by atoms with E-state index in [4.69, 9.17) is 9.97 Å². The van der Waals surface area contributed by atoms with E-state index >= 15 is 0 Å². The van der Waals surface area contributed by atoms with Crippen LogP contribution in [0.3, 0.4) is 0 Å². The monoisotopic (exact) mass is 554 g/mol. The molecule has 0 spiro atoms. The largest absolute Gasteiger partial charge is 0.393 e. The van der Waals surface area contributed by atoms with Crippen molar-refractivity contribution in [2.24, 2.45) is 5.92 Å². The number of carbonyl (C=O) groups excluding carboxylic acids is 1. The number of hydrogen-bond donors (Lipinski definition) is 4. The number of likely N-dealkylation sites (N-methyl/N-ethyl adjacent to an activating group) is 1. The van der Waals surface area contributed by atoms with Crippen LogP contribution < -0.4 is 20.9 Å². The van der Waals surface area contributed by atoms with Gasteiger partial charge in [-0.1, -0.05) is 18.2 Å². The summed E-state index contributed by atoms with van der Waals surface area (Å²) in [6.07, 6.45) is 3.67. The van der Waals surface area contributed by atoms with Crippen molar-refractivity contribution in [3.8, 4) is 0 Å². The number of piperazine rings is 1. The molecule has 1 aliphatic carbocycles. The zero-order chi connectivity index (χ0) is 28.1. The third-order valence-corrected chi connectivity index (χ3v) is 9.20. The molecule has 2 atom stereocenters. The second-order valence-corrected chi connectivity index (χ2v) is 11.9. The molecule has 1 unspecified atom stereocenters. The molecule has 0 radical (unpaired) electrons. The van der Waals surface area contributed by atoms with Crippen LogP contribution >= 0.6 is 0 Å². The smallest absolute Gasteiger partial charge is 0.324 e. The summed E-state index contributed by atoms with van der Waals surface area (Å²) in [5.74, 6) is 1.14. The molecule has 3 aliphatic heterocycles. The summed E-state index contributed by atoms with van der Waals surface area (Å²) in [6.45, 7) is 7.08. The highest BCUT2D eigenvalue weighted by Crippen LogP contribution is 2.50. The van der Waals surface area contributed by atoms with Gasteiger partial charge in [-0.3, -0.25) is 5.32 Å². The Labute approximate surface area is 240 Å². The fourth-order valence-corrected chi connectivity index (χ4v) is 6.85. The Hall–Kier alpha value is -3.89. The minimum Gasteiger partial charge on any atom is -0.393 e. The number of anilines is 5. The number of rotatable bonds is 5. The third kappa shape index (κ3) is 4.85. The van der Waals surface area contributed by atoms with Gasteiger partial charge in [0.1, 0.15) is 5.82 Å². The standard InChI is InChI=1S/C31H38N8O2/c1-19-4-3-5-24-26(10-11-32-27(19)24)39-28(20-16-23(40)17-20)25-18-33-30(35-29(25)36-31(39)41)34-21-6-8-22(9-7-21)38-14-12-37(2)13-15-38/h3-9,18,20,23,26,28,32,40H,10-17H2,1-2H3,(H2,33,34,35,36,41)/t20?,23?,26-,28?/m0/s1. The lowest BCUT2D eigenvalue weighted by atomic mass is 9.73. The summed E-state index contributed by atoms with van der Waals surface area (Å²) in [6, 6.07) is 14.2. The van der Waals surface area contributed by atoms with Gasteiger partial charge in [-0.2, -0.15) is 4.98 Å². The minimum atomic E-state index is -0.325. The topological polar surface area (TPSA) is 109 Å². The van der Waals surface area contributed by atoms with Gasteiger partial charge in [0.15, 0.2) is 0 Å². The van der Waals surface area contributed by atoms with Crippen LogP contribution in [0, 0.1) is 12.8 Å². The highest BCUT2D eigenvalue weighted by molar-refractivity contribution is 5.92. The third-order valence-electron chi connectivity index (χ3n) is 9.20. The molecule has 2 aromatic carbocycles. The quantitative estimate of drug-likeness (QED) is 0.365. The van der Waals surface area contributed by atoms with Crippen molar-refractivity contribution >= 4 is 34.9 Å². The molecule has 0 bridgehead atoms. The molecule has 3 aromatic rings. The molecule has 1 saturated carbocycles. The number of carbonyl (C=O) groups is 1. The lowest BCUT2D eigenvalue weighted by Gasteiger charge is -2.49. The maximum atomic E-state index is 13.8. The molecule has 2 fully saturated rings. The summed E-state index contributed by atoms with van der Waals surface area (Å²) >= 11 is 0. The number of aliphatic hydroxyl groups excluding tert-OH is 1. The molecular weight excluding hydrogens is 516 g/mol. The predicted molar refractivity (Wildman–Crippen MR) is 161 cm³/mol. The predicted octanol–water partition coefficient (Wildman–Crippen LogP) is 4.50. The molecule has 7 rings (SSSR count). The van der Waals surface area contributed by atoms with Crippen molar-refractivity contribution in [3.05, 3.63) is 65.4 Å². The van der Waals surface area contributed by atoms with Crippen molar-refractivity contribution in [3.63, 3.8) is 0 Å². The van der Waals surface area contributed by atoms with Crippen molar-refractivity contribution in [2.75, 3.05) is 60.6 Å². The van der Waals surface area contributed by atoms with E-state index in [0.717, 1.165) is 61.6 Å². The van der Waals surface area contributed by atoms with Gasteiger partial charge in [0.05, 0.1) is 18.2 Å². The van der Waals surface area contributed by atoms with E-state index in [0.29, 0.717) is 24.6 Å². The van der Waals surface area contributed by atoms with E-state index in [9.17, 15) is 9.90 Å². The van der Waals surface area contributed by atoms with Crippen LogP contribution in [0.1, 0.15) is 48.0 Å². The van der Waals surface area contributed by atoms with Crippen LogP contribution in [0.2, 0.25) is 0 Å². The number of nitrogens with zero attached hydrogens (tertiary/aromatic N) is 5. The number of para-hydroxylation sites is 1. The Balaban J connectivity index is 1.15. The van der Waals surface area contributed by atoms with Crippen molar-refractivity contribution in [1.82, 2.24) is 19.8 Å². The van der Waals surface area contributed by atoms with Crippen LogP contribution in [0.5, 0.6) is 0 Å². The molecule has 41 heavy (non-hydrogen) atoms. The number of benzene rings is 2. The van der Waals surface area contributed by atoms with E-state index in [-0.39, 0.29) is 30.1 Å². The summed E-state index contributed by atoms with van der Waals surface area (Å²) in [7, 11) is 2.16. The Bertz CT molecular complexity index is 1430. The van der Waals surface area contributed by atoms with Gasteiger partial charge >= 0.3 is 6.03 Å². The first-order valence-electron chi connectivity index (χ1n) is 14.7. The molecule has 1 aromatic heterocycles.